The van der Waals surface area contributed by atoms with E-state index in [1.54, 1.807) is 36.1 Å². The van der Waals surface area contributed by atoms with Crippen LogP contribution in [0.4, 0.5) is 4.39 Å². The van der Waals surface area contributed by atoms with E-state index in [9.17, 15) is 9.50 Å². The Morgan fingerprint density at radius 2 is 2.03 bits per heavy atom. The number of benzene rings is 1. The summed E-state index contributed by atoms with van der Waals surface area (Å²) in [5.41, 5.74) is 0.561. The maximum atomic E-state index is 13.9. The van der Waals surface area contributed by atoms with E-state index in [-0.39, 0.29) is 41.8 Å². The van der Waals surface area contributed by atoms with Crippen LogP contribution in [0.1, 0.15) is 57.1 Å². The molecule has 172 valence electrons. The van der Waals surface area contributed by atoms with Crippen LogP contribution in [-0.4, -0.2) is 40.5 Å². The monoisotopic (exact) mass is 543 g/mol. The zero-order valence-electron chi connectivity index (χ0n) is 18.7. The van der Waals surface area contributed by atoms with Gasteiger partial charge in [0, 0.05) is 37.3 Å². The highest BCUT2D eigenvalue weighted by molar-refractivity contribution is 14.0. The summed E-state index contributed by atoms with van der Waals surface area (Å²) in [6, 6.07) is 7.00. The number of hydrogen-bond acceptors (Lipinski definition) is 3. The highest BCUT2D eigenvalue weighted by Crippen LogP contribution is 2.39. The Kier molecular flexibility index (Phi) is 9.29. The number of halogens is 2. The first kappa shape index (κ1) is 25.6. The molecule has 1 aliphatic carbocycles. The van der Waals surface area contributed by atoms with Gasteiger partial charge in [-0.3, -0.25) is 4.68 Å². The summed E-state index contributed by atoms with van der Waals surface area (Å²) >= 11 is 0. The summed E-state index contributed by atoms with van der Waals surface area (Å²) in [5.74, 6) is 0.466. The van der Waals surface area contributed by atoms with Gasteiger partial charge in [0.2, 0.25) is 0 Å². The van der Waals surface area contributed by atoms with Crippen molar-refractivity contribution < 1.29 is 9.50 Å². The van der Waals surface area contributed by atoms with Gasteiger partial charge in [-0.05, 0) is 44.4 Å². The standard InChI is InChI=1S/C23H34FN5O.HI/c1-4-25-21(26-16-22(2,30)19-14-28-29(3)15-19)27-17-23(11-6-5-7-12-23)18-9-8-10-20(24)13-18;/h8-10,13-15,30H,4-7,11-12,16-17H2,1-3H3,(H2,25,26,27);1H. The smallest absolute Gasteiger partial charge is 0.191 e. The highest BCUT2D eigenvalue weighted by Gasteiger charge is 2.34. The van der Waals surface area contributed by atoms with Crippen LogP contribution in [0, 0.1) is 5.82 Å². The largest absolute Gasteiger partial charge is 0.383 e. The average molecular weight is 543 g/mol. The average Bonchev–Trinajstić information content (AvgIpc) is 3.18. The highest BCUT2D eigenvalue weighted by atomic mass is 127. The number of aliphatic hydroxyl groups is 1. The van der Waals surface area contributed by atoms with Crippen LogP contribution in [0.2, 0.25) is 0 Å². The number of nitrogens with zero attached hydrogens (tertiary/aromatic N) is 3. The Hall–Kier alpha value is -1.68. The van der Waals surface area contributed by atoms with Gasteiger partial charge < -0.3 is 15.7 Å². The first-order chi connectivity index (χ1) is 14.3. The fraction of sp³-hybridized carbons (Fsp3) is 0.565. The fourth-order valence-corrected chi connectivity index (χ4v) is 4.23. The van der Waals surface area contributed by atoms with Gasteiger partial charge in [0.25, 0.3) is 0 Å². The molecule has 0 amide bonds. The minimum absolute atomic E-state index is 0. The molecule has 0 spiro atoms. The predicted octanol–water partition coefficient (Wildman–Crippen LogP) is 3.84. The SMILES string of the molecule is CCNC(=NCC(C)(O)c1cnn(C)c1)NCC1(c2cccc(F)c2)CCCCC1.I. The molecule has 1 unspecified atom stereocenters. The molecule has 1 aromatic carbocycles. The number of aromatic nitrogens is 2. The zero-order chi connectivity index (χ0) is 21.6. The molecule has 1 heterocycles. The molecule has 1 fully saturated rings. The molecule has 0 saturated heterocycles. The first-order valence-electron chi connectivity index (χ1n) is 10.8. The third-order valence-corrected chi connectivity index (χ3v) is 6.06. The van der Waals surface area contributed by atoms with E-state index in [0.29, 0.717) is 19.0 Å². The van der Waals surface area contributed by atoms with Gasteiger partial charge in [-0.1, -0.05) is 31.4 Å². The van der Waals surface area contributed by atoms with Crippen molar-refractivity contribution in [2.45, 2.75) is 57.0 Å². The Balaban J connectivity index is 0.00000341. The van der Waals surface area contributed by atoms with Gasteiger partial charge in [0.15, 0.2) is 5.96 Å². The van der Waals surface area contributed by atoms with Crippen LogP contribution in [0.3, 0.4) is 0 Å². The van der Waals surface area contributed by atoms with Gasteiger partial charge >= 0.3 is 0 Å². The van der Waals surface area contributed by atoms with Gasteiger partial charge in [-0.2, -0.15) is 5.10 Å². The van der Waals surface area contributed by atoms with Crippen molar-refractivity contribution in [1.82, 2.24) is 20.4 Å². The van der Waals surface area contributed by atoms with Crippen LogP contribution in [-0.2, 0) is 18.1 Å². The van der Waals surface area contributed by atoms with Crippen molar-refractivity contribution in [3.8, 4) is 0 Å². The molecule has 3 rings (SSSR count). The van der Waals surface area contributed by atoms with Gasteiger partial charge in [0.05, 0.1) is 12.7 Å². The third kappa shape index (κ3) is 6.65. The third-order valence-electron chi connectivity index (χ3n) is 6.06. The van der Waals surface area contributed by atoms with E-state index in [4.69, 9.17) is 0 Å². The van der Waals surface area contributed by atoms with Gasteiger partial charge in [-0.25, -0.2) is 9.38 Å². The van der Waals surface area contributed by atoms with Crippen LogP contribution in [0.5, 0.6) is 0 Å². The second kappa shape index (κ2) is 11.3. The van der Waals surface area contributed by atoms with Crippen molar-refractivity contribution in [3.63, 3.8) is 0 Å². The lowest BCUT2D eigenvalue weighted by Gasteiger charge is -2.38. The normalized spacial score (nSPS) is 18.0. The first-order valence-corrected chi connectivity index (χ1v) is 10.8. The van der Waals surface area contributed by atoms with Crippen LogP contribution in [0.25, 0.3) is 0 Å². The molecule has 1 atom stereocenters. The predicted molar refractivity (Wildman–Crippen MR) is 133 cm³/mol. The van der Waals surface area contributed by atoms with Crippen molar-refractivity contribution in [1.29, 1.82) is 0 Å². The van der Waals surface area contributed by atoms with Crippen molar-refractivity contribution >= 4 is 29.9 Å². The molecule has 8 heteroatoms. The summed E-state index contributed by atoms with van der Waals surface area (Å²) in [5, 5.41) is 21.7. The minimum Gasteiger partial charge on any atom is -0.383 e. The lowest BCUT2D eigenvalue weighted by molar-refractivity contribution is 0.0671. The van der Waals surface area contributed by atoms with E-state index in [2.05, 4.69) is 20.7 Å². The number of nitrogens with one attached hydrogen (secondary N) is 2. The molecule has 31 heavy (non-hydrogen) atoms. The second-order valence-electron chi connectivity index (χ2n) is 8.58. The molecule has 3 N–H and O–H groups in total. The van der Waals surface area contributed by atoms with Crippen molar-refractivity contribution in [2.75, 3.05) is 19.6 Å². The van der Waals surface area contributed by atoms with Crippen molar-refractivity contribution in [3.05, 3.63) is 53.6 Å². The van der Waals surface area contributed by atoms with Gasteiger partial charge in [0.1, 0.15) is 11.4 Å². The fourth-order valence-electron chi connectivity index (χ4n) is 4.23. The molecule has 0 aliphatic heterocycles. The number of rotatable bonds is 7. The summed E-state index contributed by atoms with van der Waals surface area (Å²) in [6.07, 6.45) is 9.02. The number of hydrogen-bond donors (Lipinski definition) is 3. The summed E-state index contributed by atoms with van der Waals surface area (Å²) in [7, 11) is 1.82. The maximum Gasteiger partial charge on any atom is 0.191 e. The molecule has 1 saturated carbocycles. The molecule has 2 aromatic rings. The zero-order valence-corrected chi connectivity index (χ0v) is 21.0. The molecule has 0 radical (unpaired) electrons. The Morgan fingerprint density at radius 3 is 2.65 bits per heavy atom. The Bertz CT molecular complexity index is 861. The van der Waals surface area contributed by atoms with Crippen LogP contribution < -0.4 is 10.6 Å². The lowest BCUT2D eigenvalue weighted by Crippen LogP contribution is -2.47. The molecular formula is C23H35FIN5O. The quantitative estimate of drug-likeness (QED) is 0.282. The lowest BCUT2D eigenvalue weighted by atomic mass is 9.69. The van der Waals surface area contributed by atoms with Crippen LogP contribution >= 0.6 is 24.0 Å². The Labute approximate surface area is 201 Å². The second-order valence-corrected chi connectivity index (χ2v) is 8.58. The summed E-state index contributed by atoms with van der Waals surface area (Å²) in [4.78, 5) is 4.63. The van der Waals surface area contributed by atoms with E-state index < -0.39 is 5.60 Å². The molecular weight excluding hydrogens is 508 g/mol. The van der Waals surface area contributed by atoms with E-state index in [1.807, 2.05) is 20.0 Å². The van der Waals surface area contributed by atoms with E-state index in [0.717, 1.165) is 36.8 Å². The minimum atomic E-state index is -1.11. The van der Waals surface area contributed by atoms with Crippen molar-refractivity contribution in [2.24, 2.45) is 12.0 Å². The number of aryl methyl sites for hydroxylation is 1. The molecule has 6 nitrogen and oxygen atoms in total. The van der Waals surface area contributed by atoms with Gasteiger partial charge in [-0.15, -0.1) is 24.0 Å². The maximum absolute atomic E-state index is 13.9. The summed E-state index contributed by atoms with van der Waals surface area (Å²) < 4.78 is 15.6. The number of aliphatic imine (C=N–C) groups is 1. The number of guanidine groups is 1. The summed E-state index contributed by atoms with van der Waals surface area (Å²) in [6.45, 7) is 5.36. The van der Waals surface area contributed by atoms with E-state index in [1.165, 1.54) is 12.5 Å². The topological polar surface area (TPSA) is 74.5 Å². The molecule has 1 aliphatic rings. The molecule has 0 bridgehead atoms. The Morgan fingerprint density at radius 1 is 1.29 bits per heavy atom. The van der Waals surface area contributed by atoms with Crippen LogP contribution in [0.15, 0.2) is 41.7 Å². The van der Waals surface area contributed by atoms with E-state index >= 15 is 0 Å². The molecule has 1 aromatic heterocycles.